The predicted octanol–water partition coefficient (Wildman–Crippen LogP) is 3.16. The number of non-ortho nitro benzene ring substituents is 1. The average Bonchev–Trinajstić information content (AvgIpc) is 2.57. The SMILES string of the molecule is O=C(NCCNc1ccc([N+](=O)[O-])cc1)NCc1cccc(Cl)c1. The molecule has 0 saturated heterocycles. The van der Waals surface area contributed by atoms with Crippen LogP contribution in [0.15, 0.2) is 48.5 Å². The lowest BCUT2D eigenvalue weighted by Crippen LogP contribution is -2.37. The van der Waals surface area contributed by atoms with Gasteiger partial charge in [0.2, 0.25) is 0 Å². The van der Waals surface area contributed by atoms with Crippen molar-refractivity contribution in [2.75, 3.05) is 18.4 Å². The molecule has 0 heterocycles. The summed E-state index contributed by atoms with van der Waals surface area (Å²) < 4.78 is 0. The second kappa shape index (κ2) is 8.73. The van der Waals surface area contributed by atoms with Gasteiger partial charge in [0, 0.05) is 42.5 Å². The molecule has 3 N–H and O–H groups in total. The highest BCUT2D eigenvalue weighted by molar-refractivity contribution is 6.30. The molecule has 2 rings (SSSR count). The Morgan fingerprint density at radius 1 is 1.08 bits per heavy atom. The minimum absolute atomic E-state index is 0.0408. The van der Waals surface area contributed by atoms with Gasteiger partial charge in [0.1, 0.15) is 0 Å². The molecule has 24 heavy (non-hydrogen) atoms. The van der Waals surface area contributed by atoms with Crippen LogP contribution in [0, 0.1) is 10.1 Å². The van der Waals surface area contributed by atoms with Gasteiger partial charge in [-0.15, -0.1) is 0 Å². The zero-order valence-electron chi connectivity index (χ0n) is 12.8. The summed E-state index contributed by atoms with van der Waals surface area (Å²) in [5, 5.41) is 19.7. The Morgan fingerprint density at radius 2 is 1.83 bits per heavy atom. The van der Waals surface area contributed by atoms with Crippen molar-refractivity contribution in [1.82, 2.24) is 10.6 Å². The Morgan fingerprint density at radius 3 is 2.50 bits per heavy atom. The van der Waals surface area contributed by atoms with E-state index in [9.17, 15) is 14.9 Å². The Hall–Kier alpha value is -2.80. The van der Waals surface area contributed by atoms with Crippen LogP contribution in [-0.2, 0) is 6.54 Å². The molecule has 0 aliphatic carbocycles. The number of urea groups is 1. The van der Waals surface area contributed by atoms with Crippen molar-refractivity contribution < 1.29 is 9.72 Å². The van der Waals surface area contributed by atoms with Crippen LogP contribution in [0.5, 0.6) is 0 Å². The number of amides is 2. The summed E-state index contributed by atoms with van der Waals surface area (Å²) in [6.07, 6.45) is 0. The number of benzene rings is 2. The van der Waals surface area contributed by atoms with Gasteiger partial charge in [-0.3, -0.25) is 10.1 Å². The van der Waals surface area contributed by atoms with Crippen molar-refractivity contribution in [2.45, 2.75) is 6.54 Å². The normalized spacial score (nSPS) is 10.0. The average molecular weight is 349 g/mol. The Kier molecular flexibility index (Phi) is 6.39. The van der Waals surface area contributed by atoms with Crippen LogP contribution >= 0.6 is 11.6 Å². The molecule has 2 aromatic rings. The van der Waals surface area contributed by atoms with Crippen molar-refractivity contribution in [1.29, 1.82) is 0 Å². The first-order chi connectivity index (χ1) is 11.5. The van der Waals surface area contributed by atoms with E-state index in [1.54, 1.807) is 24.3 Å². The summed E-state index contributed by atoms with van der Waals surface area (Å²) in [6.45, 7) is 1.31. The van der Waals surface area contributed by atoms with Gasteiger partial charge in [-0.25, -0.2) is 4.79 Å². The first-order valence-electron chi connectivity index (χ1n) is 7.29. The molecular weight excluding hydrogens is 332 g/mol. The van der Waals surface area contributed by atoms with Crippen LogP contribution in [0.4, 0.5) is 16.2 Å². The highest BCUT2D eigenvalue weighted by Crippen LogP contribution is 2.14. The third kappa shape index (κ3) is 5.77. The largest absolute Gasteiger partial charge is 0.383 e. The summed E-state index contributed by atoms with van der Waals surface area (Å²) in [6, 6.07) is 13.1. The fourth-order valence-electron chi connectivity index (χ4n) is 1.98. The third-order valence-corrected chi connectivity index (χ3v) is 3.39. The fraction of sp³-hybridized carbons (Fsp3) is 0.188. The third-order valence-electron chi connectivity index (χ3n) is 3.16. The van der Waals surface area contributed by atoms with Crippen molar-refractivity contribution >= 4 is 29.0 Å². The van der Waals surface area contributed by atoms with Crippen LogP contribution in [0.2, 0.25) is 5.02 Å². The second-order valence-corrected chi connectivity index (χ2v) is 5.41. The zero-order chi connectivity index (χ0) is 17.4. The topological polar surface area (TPSA) is 96.3 Å². The molecule has 0 atom stereocenters. The number of hydrogen-bond donors (Lipinski definition) is 3. The van der Waals surface area contributed by atoms with E-state index in [1.807, 2.05) is 12.1 Å². The number of rotatable bonds is 7. The molecule has 2 amide bonds. The van der Waals surface area contributed by atoms with Crippen molar-refractivity contribution in [3.8, 4) is 0 Å². The Labute approximate surface area is 144 Å². The van der Waals surface area contributed by atoms with E-state index in [1.165, 1.54) is 12.1 Å². The van der Waals surface area contributed by atoms with E-state index in [4.69, 9.17) is 11.6 Å². The van der Waals surface area contributed by atoms with Crippen LogP contribution in [0.1, 0.15) is 5.56 Å². The molecule has 0 radical (unpaired) electrons. The van der Waals surface area contributed by atoms with E-state index >= 15 is 0 Å². The molecule has 0 saturated carbocycles. The van der Waals surface area contributed by atoms with Crippen LogP contribution in [-0.4, -0.2) is 24.0 Å². The molecule has 2 aromatic carbocycles. The van der Waals surface area contributed by atoms with Gasteiger partial charge in [0.05, 0.1) is 4.92 Å². The minimum atomic E-state index is -0.449. The number of nitro benzene ring substituents is 1. The van der Waals surface area contributed by atoms with Crippen LogP contribution in [0.3, 0.4) is 0 Å². The summed E-state index contributed by atoms with van der Waals surface area (Å²) in [7, 11) is 0. The number of nitrogens with zero attached hydrogens (tertiary/aromatic N) is 1. The smallest absolute Gasteiger partial charge is 0.315 e. The molecule has 0 aromatic heterocycles. The number of hydrogen-bond acceptors (Lipinski definition) is 4. The van der Waals surface area contributed by atoms with Gasteiger partial charge in [-0.2, -0.15) is 0 Å². The molecule has 7 nitrogen and oxygen atoms in total. The molecule has 0 aliphatic heterocycles. The van der Waals surface area contributed by atoms with E-state index in [0.717, 1.165) is 11.3 Å². The monoisotopic (exact) mass is 348 g/mol. The first kappa shape index (κ1) is 17.6. The van der Waals surface area contributed by atoms with Crippen molar-refractivity contribution in [2.24, 2.45) is 0 Å². The molecule has 0 unspecified atom stereocenters. The first-order valence-corrected chi connectivity index (χ1v) is 7.67. The summed E-state index contributed by atoms with van der Waals surface area (Å²) in [4.78, 5) is 21.8. The molecule has 8 heteroatoms. The number of carbonyl (C=O) groups is 1. The van der Waals surface area contributed by atoms with Crippen molar-refractivity contribution in [3.63, 3.8) is 0 Å². The predicted molar refractivity (Wildman–Crippen MR) is 93.3 cm³/mol. The van der Waals surface area contributed by atoms with Gasteiger partial charge >= 0.3 is 6.03 Å². The minimum Gasteiger partial charge on any atom is -0.383 e. The Balaban J connectivity index is 1.64. The van der Waals surface area contributed by atoms with E-state index in [2.05, 4.69) is 16.0 Å². The number of nitro groups is 1. The fourth-order valence-corrected chi connectivity index (χ4v) is 2.19. The summed E-state index contributed by atoms with van der Waals surface area (Å²) in [5.74, 6) is 0. The van der Waals surface area contributed by atoms with Gasteiger partial charge in [0.25, 0.3) is 5.69 Å². The molecule has 126 valence electrons. The van der Waals surface area contributed by atoms with Gasteiger partial charge in [0.15, 0.2) is 0 Å². The quantitative estimate of drug-likeness (QED) is 0.407. The molecular formula is C16H17ClN4O3. The summed E-state index contributed by atoms with van der Waals surface area (Å²) in [5.41, 5.74) is 1.71. The van der Waals surface area contributed by atoms with E-state index in [0.29, 0.717) is 24.7 Å². The maximum atomic E-state index is 11.7. The Bertz CT molecular complexity index is 707. The van der Waals surface area contributed by atoms with E-state index in [-0.39, 0.29) is 11.7 Å². The highest BCUT2D eigenvalue weighted by Gasteiger charge is 2.04. The van der Waals surface area contributed by atoms with Crippen LogP contribution < -0.4 is 16.0 Å². The standard InChI is InChI=1S/C16H17ClN4O3/c17-13-3-1-2-12(10-13)11-20-16(22)19-9-8-18-14-4-6-15(7-5-14)21(23)24/h1-7,10,18H,8-9,11H2,(H2,19,20,22). The second-order valence-electron chi connectivity index (χ2n) is 4.97. The molecule has 0 bridgehead atoms. The lowest BCUT2D eigenvalue weighted by atomic mass is 10.2. The van der Waals surface area contributed by atoms with Gasteiger partial charge in [-0.1, -0.05) is 23.7 Å². The number of halogens is 1. The number of nitrogens with one attached hydrogen (secondary N) is 3. The highest BCUT2D eigenvalue weighted by atomic mass is 35.5. The molecule has 0 spiro atoms. The lowest BCUT2D eigenvalue weighted by molar-refractivity contribution is -0.384. The van der Waals surface area contributed by atoms with Gasteiger partial charge in [-0.05, 0) is 29.8 Å². The number of carbonyl (C=O) groups excluding carboxylic acids is 1. The maximum absolute atomic E-state index is 11.7. The van der Waals surface area contributed by atoms with Crippen molar-refractivity contribution in [3.05, 3.63) is 69.2 Å². The van der Waals surface area contributed by atoms with Crippen LogP contribution in [0.25, 0.3) is 0 Å². The lowest BCUT2D eigenvalue weighted by Gasteiger charge is -2.09. The van der Waals surface area contributed by atoms with E-state index < -0.39 is 4.92 Å². The maximum Gasteiger partial charge on any atom is 0.315 e. The van der Waals surface area contributed by atoms with Gasteiger partial charge < -0.3 is 16.0 Å². The molecule has 0 fully saturated rings. The summed E-state index contributed by atoms with van der Waals surface area (Å²) >= 11 is 5.87. The zero-order valence-corrected chi connectivity index (χ0v) is 13.5. The number of anilines is 1. The molecule has 0 aliphatic rings.